The van der Waals surface area contributed by atoms with E-state index in [9.17, 15) is 0 Å². The fourth-order valence-electron chi connectivity index (χ4n) is 4.46. The molecule has 3 aromatic rings. The molecular formula is C19H28N10O. The quantitative estimate of drug-likeness (QED) is 0.640. The zero-order valence-corrected chi connectivity index (χ0v) is 17.5. The van der Waals surface area contributed by atoms with Crippen LogP contribution in [-0.4, -0.2) is 78.0 Å². The molecule has 4 heterocycles. The Morgan fingerprint density at radius 1 is 1.07 bits per heavy atom. The van der Waals surface area contributed by atoms with E-state index in [-0.39, 0.29) is 0 Å². The minimum atomic E-state index is 0.376. The van der Waals surface area contributed by atoms with Crippen LogP contribution in [0.1, 0.15) is 25.7 Å². The molecule has 1 aliphatic carbocycles. The number of aromatic nitrogens is 7. The first-order chi connectivity index (χ1) is 14.7. The first kappa shape index (κ1) is 19.2. The van der Waals surface area contributed by atoms with Crippen LogP contribution >= 0.6 is 0 Å². The van der Waals surface area contributed by atoms with E-state index >= 15 is 0 Å². The molecule has 160 valence electrons. The lowest BCUT2D eigenvalue weighted by Gasteiger charge is -2.39. The topological polar surface area (TPSA) is 111 Å². The molecule has 0 amide bonds. The Morgan fingerprint density at radius 2 is 1.87 bits per heavy atom. The van der Waals surface area contributed by atoms with Gasteiger partial charge in [-0.3, -0.25) is 9.58 Å². The number of rotatable bonds is 5. The molecule has 1 saturated carbocycles. The summed E-state index contributed by atoms with van der Waals surface area (Å²) in [6.45, 7) is 3.83. The number of hydrogen-bond donors (Lipinski definition) is 2. The molecule has 1 saturated heterocycles. The molecule has 0 spiro atoms. The van der Waals surface area contributed by atoms with Crippen molar-refractivity contribution in [1.82, 2.24) is 39.6 Å². The van der Waals surface area contributed by atoms with Crippen molar-refractivity contribution >= 4 is 28.6 Å². The van der Waals surface area contributed by atoms with Gasteiger partial charge >= 0.3 is 0 Å². The fourth-order valence-corrected chi connectivity index (χ4v) is 4.46. The third kappa shape index (κ3) is 3.94. The largest absolute Gasteiger partial charge is 0.379 e. The van der Waals surface area contributed by atoms with Crippen molar-refractivity contribution in [2.24, 2.45) is 14.1 Å². The van der Waals surface area contributed by atoms with Crippen molar-refractivity contribution in [2.75, 3.05) is 36.9 Å². The highest BCUT2D eigenvalue weighted by Crippen LogP contribution is 2.28. The molecule has 30 heavy (non-hydrogen) atoms. The normalized spacial score (nSPS) is 23.0. The van der Waals surface area contributed by atoms with Gasteiger partial charge in [-0.1, -0.05) is 5.21 Å². The Morgan fingerprint density at radius 3 is 2.60 bits per heavy atom. The molecule has 11 heteroatoms. The van der Waals surface area contributed by atoms with Gasteiger partial charge in [-0.25, -0.2) is 4.68 Å². The van der Waals surface area contributed by atoms with E-state index in [0.29, 0.717) is 23.7 Å². The maximum absolute atomic E-state index is 5.50. The lowest BCUT2D eigenvalue weighted by molar-refractivity contribution is 0.00791. The van der Waals surface area contributed by atoms with Gasteiger partial charge in [0.05, 0.1) is 25.1 Å². The van der Waals surface area contributed by atoms with Crippen molar-refractivity contribution in [3.05, 3.63) is 12.4 Å². The van der Waals surface area contributed by atoms with Crippen LogP contribution in [0.4, 0.5) is 17.5 Å². The Labute approximate surface area is 174 Å². The van der Waals surface area contributed by atoms with Crippen LogP contribution in [0.5, 0.6) is 0 Å². The second-order valence-electron chi connectivity index (χ2n) is 8.11. The first-order valence-corrected chi connectivity index (χ1v) is 10.6. The van der Waals surface area contributed by atoms with Crippen molar-refractivity contribution in [3.63, 3.8) is 0 Å². The summed E-state index contributed by atoms with van der Waals surface area (Å²) in [5, 5.41) is 19.4. The molecule has 3 aromatic heterocycles. The van der Waals surface area contributed by atoms with Gasteiger partial charge < -0.3 is 15.4 Å². The van der Waals surface area contributed by atoms with Gasteiger partial charge in [-0.2, -0.15) is 15.1 Å². The van der Waals surface area contributed by atoms with Crippen molar-refractivity contribution in [1.29, 1.82) is 0 Å². The summed E-state index contributed by atoms with van der Waals surface area (Å²) in [5.41, 5.74) is 2.23. The predicted octanol–water partition coefficient (Wildman–Crippen LogP) is 1.29. The van der Waals surface area contributed by atoms with Crippen LogP contribution in [0.2, 0.25) is 0 Å². The van der Waals surface area contributed by atoms with Crippen LogP contribution in [0.15, 0.2) is 12.4 Å². The number of nitrogens with one attached hydrogen (secondary N) is 2. The molecule has 2 fully saturated rings. The minimum Gasteiger partial charge on any atom is -0.379 e. The van der Waals surface area contributed by atoms with E-state index < -0.39 is 0 Å². The lowest BCUT2D eigenvalue weighted by Crippen LogP contribution is -2.46. The third-order valence-electron chi connectivity index (χ3n) is 6.02. The Balaban J connectivity index is 1.31. The molecule has 11 nitrogen and oxygen atoms in total. The first-order valence-electron chi connectivity index (χ1n) is 10.6. The molecule has 0 aromatic carbocycles. The van der Waals surface area contributed by atoms with Crippen molar-refractivity contribution < 1.29 is 4.74 Å². The molecular weight excluding hydrogens is 384 g/mol. The average molecular weight is 413 g/mol. The summed E-state index contributed by atoms with van der Waals surface area (Å²) in [6.07, 6.45) is 8.23. The molecule has 0 radical (unpaired) electrons. The maximum atomic E-state index is 5.50. The second kappa shape index (κ2) is 8.15. The molecule has 0 atom stereocenters. The fraction of sp³-hybridized carbons (Fsp3) is 0.632. The van der Waals surface area contributed by atoms with Gasteiger partial charge in [0.25, 0.3) is 0 Å². The highest BCUT2D eigenvalue weighted by atomic mass is 16.5. The third-order valence-corrected chi connectivity index (χ3v) is 6.02. The summed E-state index contributed by atoms with van der Waals surface area (Å²) in [5.74, 6) is 1.26. The molecule has 2 N–H and O–H groups in total. The zero-order valence-electron chi connectivity index (χ0n) is 17.5. The molecule has 1 aliphatic heterocycles. The van der Waals surface area contributed by atoms with E-state index in [2.05, 4.69) is 35.9 Å². The average Bonchev–Trinajstić information content (AvgIpc) is 3.34. The number of nitrogens with zero attached hydrogens (tertiary/aromatic N) is 8. The standard InChI is InChI=1S/C19H28N10O/c1-27-12-14(11-20-27)22-19-23-17(16-18(24-19)25-26-28(16)2)21-13-3-5-15(6-4-13)29-7-9-30-10-8-29/h11-13,15H,3-10H2,1-2H3,(H2,21,22,23,24)/t13-,15-. The van der Waals surface area contributed by atoms with E-state index in [1.807, 2.05) is 20.3 Å². The molecule has 5 rings (SSSR count). The van der Waals surface area contributed by atoms with Gasteiger partial charge in [-0.05, 0) is 25.7 Å². The monoisotopic (exact) mass is 412 g/mol. The number of ether oxygens (including phenoxy) is 1. The number of aryl methyl sites for hydroxylation is 2. The molecule has 0 unspecified atom stereocenters. The number of hydrogen-bond acceptors (Lipinski definition) is 9. The lowest BCUT2D eigenvalue weighted by atomic mass is 9.90. The molecule has 0 bridgehead atoms. The Hall–Kier alpha value is -2.79. The maximum Gasteiger partial charge on any atom is 0.231 e. The minimum absolute atomic E-state index is 0.376. The van der Waals surface area contributed by atoms with Gasteiger partial charge in [0.1, 0.15) is 5.52 Å². The second-order valence-corrected chi connectivity index (χ2v) is 8.11. The summed E-state index contributed by atoms with van der Waals surface area (Å²) in [4.78, 5) is 11.8. The van der Waals surface area contributed by atoms with E-state index in [1.165, 1.54) is 12.8 Å². The van der Waals surface area contributed by atoms with E-state index in [4.69, 9.17) is 9.72 Å². The Bertz CT molecular complexity index is 1000. The van der Waals surface area contributed by atoms with Crippen LogP contribution in [-0.2, 0) is 18.8 Å². The highest BCUT2D eigenvalue weighted by molar-refractivity contribution is 5.84. The van der Waals surface area contributed by atoms with Crippen LogP contribution < -0.4 is 10.6 Å². The summed E-state index contributed by atoms with van der Waals surface area (Å²) in [6, 6.07) is 1.04. The zero-order chi connectivity index (χ0) is 20.5. The smallest absolute Gasteiger partial charge is 0.231 e. The van der Waals surface area contributed by atoms with Crippen molar-refractivity contribution in [3.8, 4) is 0 Å². The van der Waals surface area contributed by atoms with Gasteiger partial charge in [0.2, 0.25) is 11.6 Å². The predicted molar refractivity (Wildman–Crippen MR) is 113 cm³/mol. The van der Waals surface area contributed by atoms with Gasteiger partial charge in [0.15, 0.2) is 5.82 Å². The number of anilines is 3. The van der Waals surface area contributed by atoms with Crippen molar-refractivity contribution in [2.45, 2.75) is 37.8 Å². The SMILES string of the molecule is Cn1cc(Nc2nc(N[C@H]3CC[C@H](N4CCOCC4)CC3)c3c(nnn3C)n2)cn1. The van der Waals surface area contributed by atoms with Crippen LogP contribution in [0.25, 0.3) is 11.2 Å². The number of fused-ring (bicyclic) bond motifs is 1. The van der Waals surface area contributed by atoms with E-state index in [1.54, 1.807) is 15.6 Å². The Kier molecular flexibility index (Phi) is 5.21. The summed E-state index contributed by atoms with van der Waals surface area (Å²) < 4.78 is 8.96. The van der Waals surface area contributed by atoms with Gasteiger partial charge in [0, 0.05) is 45.5 Å². The summed E-state index contributed by atoms with van der Waals surface area (Å²) >= 11 is 0. The van der Waals surface area contributed by atoms with E-state index in [0.717, 1.165) is 56.2 Å². The van der Waals surface area contributed by atoms with Crippen LogP contribution in [0.3, 0.4) is 0 Å². The highest BCUT2D eigenvalue weighted by Gasteiger charge is 2.28. The van der Waals surface area contributed by atoms with Crippen LogP contribution in [0, 0.1) is 0 Å². The molecule has 2 aliphatic rings. The summed E-state index contributed by atoms with van der Waals surface area (Å²) in [7, 11) is 3.74. The van der Waals surface area contributed by atoms with Gasteiger partial charge in [-0.15, -0.1) is 5.10 Å². The number of morpholine rings is 1.